The van der Waals surface area contributed by atoms with Crippen molar-refractivity contribution >= 4 is 17.6 Å². The van der Waals surface area contributed by atoms with Gasteiger partial charge in [-0.1, -0.05) is 35.0 Å². The molecule has 3 rings (SSSR count). The lowest BCUT2D eigenvalue weighted by atomic mass is 10.0. The number of ether oxygens (including phenoxy) is 1. The molecule has 2 aromatic rings. The molecule has 1 fully saturated rings. The van der Waals surface area contributed by atoms with Crippen LogP contribution in [0, 0.1) is 6.92 Å². The molecule has 1 atom stereocenters. The summed E-state index contributed by atoms with van der Waals surface area (Å²) in [5.41, 5.74) is 2.26. The van der Waals surface area contributed by atoms with E-state index in [2.05, 4.69) is 37.3 Å². The highest BCUT2D eigenvalue weighted by Crippen LogP contribution is 2.21. The predicted octanol–water partition coefficient (Wildman–Crippen LogP) is 1.11. The van der Waals surface area contributed by atoms with Gasteiger partial charge in [-0.2, -0.15) is 0 Å². The minimum absolute atomic E-state index is 0.0247. The van der Waals surface area contributed by atoms with E-state index < -0.39 is 11.8 Å². The SMILES string of the molecule is Cc1ccc(C(CNC(=O)C(=O)Nc2ccon2)N2CCOCC2)cc1. The van der Waals surface area contributed by atoms with Crippen LogP contribution < -0.4 is 10.6 Å². The van der Waals surface area contributed by atoms with Gasteiger partial charge in [0, 0.05) is 25.7 Å². The molecule has 1 saturated heterocycles. The third-order valence-electron chi connectivity index (χ3n) is 4.29. The topological polar surface area (TPSA) is 96.7 Å². The second-order valence-electron chi connectivity index (χ2n) is 6.12. The quantitative estimate of drug-likeness (QED) is 0.778. The minimum Gasteiger partial charge on any atom is -0.379 e. The Labute approximate surface area is 151 Å². The molecule has 1 aromatic carbocycles. The number of aromatic nitrogens is 1. The van der Waals surface area contributed by atoms with Crippen LogP contribution in [-0.2, 0) is 14.3 Å². The molecule has 138 valence electrons. The van der Waals surface area contributed by atoms with Crippen molar-refractivity contribution in [1.29, 1.82) is 0 Å². The van der Waals surface area contributed by atoms with Gasteiger partial charge < -0.3 is 14.6 Å². The summed E-state index contributed by atoms with van der Waals surface area (Å²) >= 11 is 0. The zero-order valence-electron chi connectivity index (χ0n) is 14.6. The highest BCUT2D eigenvalue weighted by molar-refractivity contribution is 6.39. The van der Waals surface area contributed by atoms with Crippen LogP contribution in [0.5, 0.6) is 0 Å². The molecule has 0 bridgehead atoms. The lowest BCUT2D eigenvalue weighted by molar-refractivity contribution is -0.136. The monoisotopic (exact) mass is 358 g/mol. The number of benzene rings is 1. The average molecular weight is 358 g/mol. The molecule has 8 nitrogen and oxygen atoms in total. The van der Waals surface area contributed by atoms with Crippen LogP contribution in [0.15, 0.2) is 41.1 Å². The second kappa shape index (κ2) is 8.59. The van der Waals surface area contributed by atoms with E-state index in [9.17, 15) is 9.59 Å². The first kappa shape index (κ1) is 18.1. The summed E-state index contributed by atoms with van der Waals surface area (Å²) in [5.74, 6) is -1.28. The van der Waals surface area contributed by atoms with Gasteiger partial charge in [0.25, 0.3) is 0 Å². The number of carbonyl (C=O) groups excluding carboxylic acids is 2. The van der Waals surface area contributed by atoms with Crippen molar-refractivity contribution in [3.05, 3.63) is 47.7 Å². The fourth-order valence-corrected chi connectivity index (χ4v) is 2.86. The Hall–Kier alpha value is -2.71. The smallest absolute Gasteiger partial charge is 0.314 e. The summed E-state index contributed by atoms with van der Waals surface area (Å²) in [6.07, 6.45) is 1.32. The van der Waals surface area contributed by atoms with Crippen molar-refractivity contribution in [1.82, 2.24) is 15.4 Å². The van der Waals surface area contributed by atoms with Gasteiger partial charge in [-0.15, -0.1) is 0 Å². The number of rotatable bonds is 5. The van der Waals surface area contributed by atoms with Crippen molar-refractivity contribution in [2.24, 2.45) is 0 Å². The van der Waals surface area contributed by atoms with Gasteiger partial charge in [0.1, 0.15) is 6.26 Å². The zero-order valence-corrected chi connectivity index (χ0v) is 14.6. The Morgan fingerprint density at radius 3 is 2.54 bits per heavy atom. The van der Waals surface area contributed by atoms with Gasteiger partial charge in [0.05, 0.1) is 19.3 Å². The van der Waals surface area contributed by atoms with Crippen LogP contribution in [0.4, 0.5) is 5.82 Å². The molecular formula is C18H22N4O4. The maximum atomic E-state index is 12.1. The molecule has 0 radical (unpaired) electrons. The molecule has 1 unspecified atom stereocenters. The molecule has 26 heavy (non-hydrogen) atoms. The fraction of sp³-hybridized carbons (Fsp3) is 0.389. The normalized spacial score (nSPS) is 16.0. The van der Waals surface area contributed by atoms with Crippen molar-refractivity contribution in [3.63, 3.8) is 0 Å². The molecule has 2 heterocycles. The molecule has 1 aromatic heterocycles. The largest absolute Gasteiger partial charge is 0.379 e. The standard InChI is InChI=1S/C18H22N4O4/c1-13-2-4-14(5-3-13)15(22-7-10-25-11-8-22)12-19-17(23)18(24)20-16-6-9-26-21-16/h2-6,9,15H,7-8,10-12H2,1H3,(H,19,23)(H,20,21,24). The highest BCUT2D eigenvalue weighted by Gasteiger charge is 2.24. The number of morpholine rings is 1. The summed E-state index contributed by atoms with van der Waals surface area (Å²) in [4.78, 5) is 26.3. The van der Waals surface area contributed by atoms with Crippen molar-refractivity contribution in [2.75, 3.05) is 38.2 Å². The number of hydrogen-bond acceptors (Lipinski definition) is 6. The van der Waals surface area contributed by atoms with Crippen LogP contribution in [0.1, 0.15) is 17.2 Å². The summed E-state index contributed by atoms with van der Waals surface area (Å²) in [5, 5.41) is 8.65. The first-order chi connectivity index (χ1) is 12.6. The Kier molecular flexibility index (Phi) is 5.98. The Bertz CT molecular complexity index is 724. The third-order valence-corrected chi connectivity index (χ3v) is 4.29. The van der Waals surface area contributed by atoms with E-state index in [0.717, 1.165) is 18.7 Å². The van der Waals surface area contributed by atoms with Crippen molar-refractivity contribution in [2.45, 2.75) is 13.0 Å². The first-order valence-electron chi connectivity index (χ1n) is 8.51. The molecule has 0 saturated carbocycles. The lowest BCUT2D eigenvalue weighted by Gasteiger charge is -2.34. The van der Waals surface area contributed by atoms with E-state index in [-0.39, 0.29) is 11.9 Å². The lowest BCUT2D eigenvalue weighted by Crippen LogP contribution is -2.45. The fourth-order valence-electron chi connectivity index (χ4n) is 2.86. The molecular weight excluding hydrogens is 336 g/mol. The third kappa shape index (κ3) is 4.68. The van der Waals surface area contributed by atoms with Crippen molar-refractivity contribution in [3.8, 4) is 0 Å². The van der Waals surface area contributed by atoms with Crippen molar-refractivity contribution < 1.29 is 18.8 Å². The molecule has 2 amide bonds. The van der Waals surface area contributed by atoms with Gasteiger partial charge in [-0.25, -0.2) is 0 Å². The predicted molar refractivity (Wildman–Crippen MR) is 94.5 cm³/mol. The molecule has 0 spiro atoms. The number of aryl methyl sites for hydroxylation is 1. The van der Waals surface area contributed by atoms with Crippen LogP contribution in [0.3, 0.4) is 0 Å². The maximum Gasteiger partial charge on any atom is 0.314 e. The van der Waals surface area contributed by atoms with Gasteiger partial charge in [0.2, 0.25) is 0 Å². The van der Waals surface area contributed by atoms with E-state index in [4.69, 9.17) is 4.74 Å². The summed E-state index contributed by atoms with van der Waals surface area (Å²) in [6, 6.07) is 9.63. The summed E-state index contributed by atoms with van der Waals surface area (Å²) in [6.45, 7) is 5.22. The molecule has 0 aliphatic carbocycles. The zero-order chi connectivity index (χ0) is 18.4. The van der Waals surface area contributed by atoms with E-state index in [0.29, 0.717) is 19.8 Å². The molecule has 1 aliphatic rings. The number of hydrogen-bond donors (Lipinski definition) is 2. The van der Waals surface area contributed by atoms with Gasteiger partial charge in [-0.05, 0) is 12.5 Å². The van der Waals surface area contributed by atoms with Crippen LogP contribution in [0.2, 0.25) is 0 Å². The van der Waals surface area contributed by atoms with E-state index in [1.165, 1.54) is 17.9 Å². The Morgan fingerprint density at radius 2 is 1.88 bits per heavy atom. The molecule has 2 N–H and O–H groups in total. The van der Waals surface area contributed by atoms with Gasteiger partial charge in [0.15, 0.2) is 5.82 Å². The number of carbonyl (C=O) groups is 2. The summed E-state index contributed by atoms with van der Waals surface area (Å²) < 4.78 is 10.0. The second-order valence-corrected chi connectivity index (χ2v) is 6.12. The Morgan fingerprint density at radius 1 is 1.15 bits per heavy atom. The number of nitrogens with one attached hydrogen (secondary N) is 2. The average Bonchev–Trinajstić information content (AvgIpc) is 3.17. The number of amides is 2. The summed E-state index contributed by atoms with van der Waals surface area (Å²) in [7, 11) is 0. The van der Waals surface area contributed by atoms with E-state index in [1.807, 2.05) is 19.1 Å². The van der Waals surface area contributed by atoms with E-state index in [1.54, 1.807) is 0 Å². The number of anilines is 1. The minimum atomic E-state index is -0.775. The number of nitrogens with zero attached hydrogens (tertiary/aromatic N) is 2. The Balaban J connectivity index is 1.64. The molecule has 1 aliphatic heterocycles. The van der Waals surface area contributed by atoms with E-state index >= 15 is 0 Å². The first-order valence-corrected chi connectivity index (χ1v) is 8.51. The van der Waals surface area contributed by atoms with Crippen LogP contribution >= 0.6 is 0 Å². The van der Waals surface area contributed by atoms with Crippen LogP contribution in [-0.4, -0.2) is 54.7 Å². The highest BCUT2D eigenvalue weighted by atomic mass is 16.5. The van der Waals surface area contributed by atoms with Gasteiger partial charge in [-0.3, -0.25) is 19.8 Å². The molecule has 8 heteroatoms. The van der Waals surface area contributed by atoms with Gasteiger partial charge >= 0.3 is 11.8 Å². The maximum absolute atomic E-state index is 12.1. The van der Waals surface area contributed by atoms with Crippen LogP contribution in [0.25, 0.3) is 0 Å².